The van der Waals surface area contributed by atoms with Crippen LogP contribution < -0.4 is 10.6 Å². The van der Waals surface area contributed by atoms with Gasteiger partial charge in [-0.2, -0.15) is 0 Å². The van der Waals surface area contributed by atoms with Gasteiger partial charge in [0.25, 0.3) is 0 Å². The van der Waals surface area contributed by atoms with E-state index in [1.54, 1.807) is 0 Å². The number of benzene rings is 2. The molecule has 2 N–H and O–H groups in total. The number of aromatic nitrogens is 1. The van der Waals surface area contributed by atoms with Gasteiger partial charge in [-0.15, -0.1) is 0 Å². The summed E-state index contributed by atoms with van der Waals surface area (Å²) >= 11 is 0. The molecule has 2 aromatic carbocycles. The minimum atomic E-state index is -1.33. The number of carbonyl (C=O) groups is 2. The van der Waals surface area contributed by atoms with Crippen LogP contribution in [0.25, 0.3) is 22.2 Å². The second kappa shape index (κ2) is 7.62. The number of carbonyl (C=O) groups excluding carboxylic acids is 2. The average molecular weight is 405 g/mol. The number of fused-ring (bicyclic) bond motifs is 1. The molecule has 0 bridgehead atoms. The Morgan fingerprint density at radius 3 is 2.62 bits per heavy atom. The standard InChI is InChI=1S/C21H18F3N3O2/c22-14-3-1-12(2-4-14)18-10-13-9-15(23)11-16(24)20(13)27(18)8-6-19(28)26-17-5-7-25-21(17)29/h1-4,9-11,17H,5-8H2,(H,25,29)(H,26,28)/t17-/m0/s1/i1D,2D,3D,4D. The van der Waals surface area contributed by atoms with Crippen molar-refractivity contribution in [1.82, 2.24) is 15.2 Å². The molecule has 4 rings (SSSR count). The second-order valence-corrected chi connectivity index (χ2v) is 6.65. The van der Waals surface area contributed by atoms with Gasteiger partial charge in [-0.3, -0.25) is 9.59 Å². The zero-order chi connectivity index (χ0) is 24.0. The molecule has 5 nitrogen and oxygen atoms in total. The molecule has 1 fully saturated rings. The van der Waals surface area contributed by atoms with Crippen molar-refractivity contribution in [3.63, 3.8) is 0 Å². The lowest BCUT2D eigenvalue weighted by Gasteiger charge is -2.13. The van der Waals surface area contributed by atoms with E-state index in [2.05, 4.69) is 10.6 Å². The van der Waals surface area contributed by atoms with Crippen molar-refractivity contribution in [3.8, 4) is 11.3 Å². The number of amides is 2. The quantitative estimate of drug-likeness (QED) is 0.685. The van der Waals surface area contributed by atoms with Crippen LogP contribution in [-0.4, -0.2) is 29.0 Å². The third-order valence-corrected chi connectivity index (χ3v) is 4.71. The molecule has 8 heteroatoms. The van der Waals surface area contributed by atoms with E-state index in [-0.39, 0.29) is 41.0 Å². The fourth-order valence-electron chi connectivity index (χ4n) is 3.40. The van der Waals surface area contributed by atoms with E-state index in [9.17, 15) is 22.8 Å². The molecule has 3 aromatic rings. The molecular formula is C21H18F3N3O2. The van der Waals surface area contributed by atoms with Crippen molar-refractivity contribution in [1.29, 1.82) is 0 Å². The Hall–Kier alpha value is -3.29. The van der Waals surface area contributed by atoms with Gasteiger partial charge in [0, 0.05) is 36.7 Å². The largest absolute Gasteiger partial charge is 0.354 e. The Balaban J connectivity index is 1.80. The van der Waals surface area contributed by atoms with Gasteiger partial charge in [0.05, 0.1) is 11.0 Å². The monoisotopic (exact) mass is 405 g/mol. The Kier molecular flexibility index (Phi) is 3.85. The van der Waals surface area contributed by atoms with Gasteiger partial charge in [0.15, 0.2) is 0 Å². The van der Waals surface area contributed by atoms with Crippen molar-refractivity contribution in [2.75, 3.05) is 6.54 Å². The van der Waals surface area contributed by atoms with Crippen LogP contribution in [0.4, 0.5) is 13.2 Å². The maximum atomic E-state index is 14.7. The molecule has 2 heterocycles. The first-order valence-electron chi connectivity index (χ1n) is 10.9. The number of aryl methyl sites for hydroxylation is 1. The van der Waals surface area contributed by atoms with Gasteiger partial charge < -0.3 is 15.2 Å². The van der Waals surface area contributed by atoms with Gasteiger partial charge in [0.1, 0.15) is 23.5 Å². The highest BCUT2D eigenvalue weighted by atomic mass is 19.1. The van der Waals surface area contributed by atoms with Crippen molar-refractivity contribution in [3.05, 3.63) is 59.8 Å². The maximum Gasteiger partial charge on any atom is 0.242 e. The number of hydrogen-bond acceptors (Lipinski definition) is 2. The first-order valence-corrected chi connectivity index (χ1v) is 8.91. The molecule has 1 aliphatic heterocycles. The predicted octanol–water partition coefficient (Wildman–Crippen LogP) is 3.12. The summed E-state index contributed by atoms with van der Waals surface area (Å²) in [6.45, 7) is 0.249. The first-order chi connectivity index (χ1) is 15.6. The number of halogens is 3. The van der Waals surface area contributed by atoms with Gasteiger partial charge >= 0.3 is 0 Å². The molecule has 0 saturated carbocycles. The van der Waals surface area contributed by atoms with Crippen LogP contribution in [0.5, 0.6) is 0 Å². The van der Waals surface area contributed by atoms with Crippen LogP contribution in [-0.2, 0) is 16.1 Å². The summed E-state index contributed by atoms with van der Waals surface area (Å²) in [7, 11) is 0. The van der Waals surface area contributed by atoms with E-state index >= 15 is 0 Å². The SMILES string of the molecule is [2H]c1c([2H])c(-c2cc3cc(F)cc(F)c3n2CCC(=O)N[C@H]2CCNC2=O)c([2H])c([2H])c1F. The summed E-state index contributed by atoms with van der Waals surface area (Å²) in [4.78, 5) is 24.1. The lowest BCUT2D eigenvalue weighted by atomic mass is 10.1. The zero-order valence-corrected chi connectivity index (χ0v) is 15.0. The Morgan fingerprint density at radius 1 is 1.17 bits per heavy atom. The smallest absolute Gasteiger partial charge is 0.242 e. The zero-order valence-electron chi connectivity index (χ0n) is 19.0. The Bertz CT molecular complexity index is 1280. The van der Waals surface area contributed by atoms with Crippen molar-refractivity contribution in [2.45, 2.75) is 25.4 Å². The average Bonchev–Trinajstić information content (AvgIpc) is 3.32. The molecule has 2 amide bonds. The summed E-state index contributed by atoms with van der Waals surface area (Å²) in [5.41, 5.74) is -0.449. The molecule has 0 unspecified atom stereocenters. The second-order valence-electron chi connectivity index (χ2n) is 6.65. The van der Waals surface area contributed by atoms with Gasteiger partial charge in [-0.25, -0.2) is 13.2 Å². The molecule has 0 spiro atoms. The van der Waals surface area contributed by atoms with Crippen LogP contribution in [0.2, 0.25) is 0 Å². The van der Waals surface area contributed by atoms with Crippen LogP contribution in [0.1, 0.15) is 18.3 Å². The molecule has 0 aliphatic carbocycles. The highest BCUT2D eigenvalue weighted by Crippen LogP contribution is 2.31. The van der Waals surface area contributed by atoms with E-state index in [1.165, 1.54) is 10.6 Å². The lowest BCUT2D eigenvalue weighted by Crippen LogP contribution is -2.40. The van der Waals surface area contributed by atoms with Crippen molar-refractivity contribution in [2.24, 2.45) is 0 Å². The highest BCUT2D eigenvalue weighted by Gasteiger charge is 2.25. The minimum absolute atomic E-state index is 0.0297. The summed E-state index contributed by atoms with van der Waals surface area (Å²) < 4.78 is 75.6. The molecule has 1 atom stereocenters. The molecule has 1 aliphatic rings. The minimum Gasteiger partial charge on any atom is -0.354 e. The van der Waals surface area contributed by atoms with Crippen LogP contribution in [0.3, 0.4) is 0 Å². The first kappa shape index (κ1) is 14.7. The Morgan fingerprint density at radius 2 is 1.93 bits per heavy atom. The lowest BCUT2D eigenvalue weighted by molar-refractivity contribution is -0.127. The summed E-state index contributed by atoms with van der Waals surface area (Å²) in [6, 6.07) is -0.925. The van der Waals surface area contributed by atoms with Crippen LogP contribution >= 0.6 is 0 Å². The molecule has 29 heavy (non-hydrogen) atoms. The van der Waals surface area contributed by atoms with Gasteiger partial charge in [-0.1, -0.05) is 0 Å². The van der Waals surface area contributed by atoms with E-state index in [0.29, 0.717) is 19.0 Å². The van der Waals surface area contributed by atoms with Crippen molar-refractivity contribution < 1.29 is 28.2 Å². The molecule has 1 aromatic heterocycles. The normalized spacial score (nSPS) is 18.2. The fraction of sp³-hybridized carbons (Fsp3) is 0.238. The molecule has 0 radical (unpaired) electrons. The van der Waals surface area contributed by atoms with E-state index < -0.39 is 53.6 Å². The third-order valence-electron chi connectivity index (χ3n) is 4.71. The third kappa shape index (κ3) is 3.83. The van der Waals surface area contributed by atoms with Crippen LogP contribution in [0, 0.1) is 17.5 Å². The van der Waals surface area contributed by atoms with Gasteiger partial charge in [0.2, 0.25) is 11.8 Å². The summed E-state index contributed by atoms with van der Waals surface area (Å²) in [5.74, 6) is -3.97. The molecule has 1 saturated heterocycles. The van der Waals surface area contributed by atoms with Crippen molar-refractivity contribution >= 4 is 22.7 Å². The number of rotatable bonds is 5. The highest BCUT2D eigenvalue weighted by molar-refractivity contribution is 5.90. The molecule has 150 valence electrons. The van der Waals surface area contributed by atoms with E-state index in [0.717, 1.165) is 6.07 Å². The van der Waals surface area contributed by atoms with E-state index in [1.807, 2.05) is 0 Å². The Labute approximate surface area is 170 Å². The summed E-state index contributed by atoms with van der Waals surface area (Å²) in [6.07, 6.45) is 0.204. The number of nitrogens with zero attached hydrogens (tertiary/aromatic N) is 1. The number of hydrogen-bond donors (Lipinski definition) is 2. The maximum absolute atomic E-state index is 14.7. The van der Waals surface area contributed by atoms with E-state index in [4.69, 9.17) is 5.48 Å². The summed E-state index contributed by atoms with van der Waals surface area (Å²) in [5, 5.41) is 5.23. The van der Waals surface area contributed by atoms with Gasteiger partial charge in [-0.05, 0) is 48.3 Å². The van der Waals surface area contributed by atoms with Crippen LogP contribution in [0.15, 0.2) is 42.4 Å². The predicted molar refractivity (Wildman–Crippen MR) is 101 cm³/mol. The number of nitrogens with one attached hydrogen (secondary N) is 2. The topological polar surface area (TPSA) is 63.1 Å². The fourth-order valence-corrected chi connectivity index (χ4v) is 3.40. The molecular weight excluding hydrogens is 383 g/mol.